The number of rotatable bonds is 6. The first-order valence-electron chi connectivity index (χ1n) is 10.1. The molecular formula is C23H24N4O3S. The molecule has 2 aromatic carbocycles. The second kappa shape index (κ2) is 9.72. The predicted molar refractivity (Wildman–Crippen MR) is 123 cm³/mol. The summed E-state index contributed by atoms with van der Waals surface area (Å²) in [4.78, 5) is 31.4. The molecule has 2 amide bonds. The molecule has 1 saturated heterocycles. The molecule has 8 heteroatoms. The molecule has 0 radical (unpaired) electrons. The van der Waals surface area contributed by atoms with E-state index in [1.165, 1.54) is 11.3 Å². The Balaban J connectivity index is 1.33. The van der Waals surface area contributed by atoms with Gasteiger partial charge in [-0.05, 0) is 42.8 Å². The van der Waals surface area contributed by atoms with Crippen LogP contribution in [0.2, 0.25) is 0 Å². The van der Waals surface area contributed by atoms with Gasteiger partial charge in [-0.2, -0.15) is 0 Å². The maximum atomic E-state index is 12.5. The fourth-order valence-electron chi connectivity index (χ4n) is 3.37. The van der Waals surface area contributed by atoms with E-state index < -0.39 is 0 Å². The van der Waals surface area contributed by atoms with Crippen LogP contribution < -0.4 is 15.5 Å². The van der Waals surface area contributed by atoms with E-state index >= 15 is 0 Å². The van der Waals surface area contributed by atoms with Crippen LogP contribution in [0.4, 0.5) is 16.5 Å². The molecule has 0 spiro atoms. The molecule has 1 fully saturated rings. The predicted octanol–water partition coefficient (Wildman–Crippen LogP) is 3.72. The summed E-state index contributed by atoms with van der Waals surface area (Å²) in [7, 11) is 0. The average molecular weight is 437 g/mol. The number of aryl methyl sites for hydroxylation is 1. The van der Waals surface area contributed by atoms with Gasteiger partial charge in [-0.15, -0.1) is 11.3 Å². The Morgan fingerprint density at radius 2 is 1.87 bits per heavy atom. The summed E-state index contributed by atoms with van der Waals surface area (Å²) in [6.45, 7) is 5.20. The zero-order valence-electron chi connectivity index (χ0n) is 17.3. The summed E-state index contributed by atoms with van der Waals surface area (Å²) < 4.78 is 5.40. The number of thiazole rings is 1. The fraction of sp³-hybridized carbons (Fsp3) is 0.261. The summed E-state index contributed by atoms with van der Waals surface area (Å²) in [6, 6.07) is 15.0. The Morgan fingerprint density at radius 3 is 2.61 bits per heavy atom. The van der Waals surface area contributed by atoms with Gasteiger partial charge in [0, 0.05) is 35.4 Å². The molecule has 31 heavy (non-hydrogen) atoms. The van der Waals surface area contributed by atoms with Crippen LogP contribution in [0, 0.1) is 6.92 Å². The van der Waals surface area contributed by atoms with Gasteiger partial charge < -0.3 is 15.0 Å². The molecule has 3 aromatic rings. The van der Waals surface area contributed by atoms with Crippen LogP contribution in [0.1, 0.15) is 21.6 Å². The van der Waals surface area contributed by atoms with Crippen LogP contribution >= 0.6 is 11.3 Å². The normalized spacial score (nSPS) is 13.6. The molecule has 1 aliphatic rings. The van der Waals surface area contributed by atoms with Crippen molar-refractivity contribution in [2.75, 3.05) is 41.8 Å². The van der Waals surface area contributed by atoms with Crippen molar-refractivity contribution in [3.63, 3.8) is 0 Å². The van der Waals surface area contributed by atoms with Gasteiger partial charge in [0.25, 0.3) is 5.91 Å². The first kappa shape index (κ1) is 21.0. The average Bonchev–Trinajstić information content (AvgIpc) is 3.22. The molecule has 1 aliphatic heterocycles. The Hall–Kier alpha value is -3.23. The van der Waals surface area contributed by atoms with Gasteiger partial charge in [0.05, 0.1) is 25.3 Å². The first-order valence-corrected chi connectivity index (χ1v) is 11.0. The van der Waals surface area contributed by atoms with E-state index in [0.29, 0.717) is 16.4 Å². The third kappa shape index (κ3) is 5.48. The molecule has 2 N–H and O–H groups in total. The van der Waals surface area contributed by atoms with Crippen molar-refractivity contribution in [1.29, 1.82) is 0 Å². The number of amides is 2. The number of benzene rings is 2. The summed E-state index contributed by atoms with van der Waals surface area (Å²) >= 11 is 1.30. The van der Waals surface area contributed by atoms with Crippen molar-refractivity contribution in [3.8, 4) is 0 Å². The number of aromatic nitrogens is 1. The number of carbonyl (C=O) groups excluding carboxylic acids is 2. The second-order valence-electron chi connectivity index (χ2n) is 7.29. The topological polar surface area (TPSA) is 83.6 Å². The van der Waals surface area contributed by atoms with Gasteiger partial charge >= 0.3 is 0 Å². The lowest BCUT2D eigenvalue weighted by molar-refractivity contribution is -0.115. The van der Waals surface area contributed by atoms with Gasteiger partial charge in [-0.3, -0.25) is 14.9 Å². The van der Waals surface area contributed by atoms with Crippen molar-refractivity contribution >= 4 is 39.7 Å². The second-order valence-corrected chi connectivity index (χ2v) is 8.15. The van der Waals surface area contributed by atoms with Gasteiger partial charge in [-0.1, -0.05) is 18.2 Å². The van der Waals surface area contributed by atoms with E-state index in [-0.39, 0.29) is 18.2 Å². The highest BCUT2D eigenvalue weighted by Crippen LogP contribution is 2.24. The number of hydrogen-bond donors (Lipinski definition) is 2. The van der Waals surface area contributed by atoms with E-state index in [1.807, 2.05) is 37.3 Å². The molecule has 1 aromatic heterocycles. The molecule has 0 atom stereocenters. The zero-order chi connectivity index (χ0) is 21.6. The van der Waals surface area contributed by atoms with E-state index in [0.717, 1.165) is 43.2 Å². The maximum Gasteiger partial charge on any atom is 0.257 e. The van der Waals surface area contributed by atoms with Crippen LogP contribution in [0.3, 0.4) is 0 Å². The molecular weight excluding hydrogens is 412 g/mol. The van der Waals surface area contributed by atoms with Crippen LogP contribution in [0.25, 0.3) is 0 Å². The highest BCUT2D eigenvalue weighted by molar-refractivity contribution is 7.14. The number of morpholine rings is 1. The van der Waals surface area contributed by atoms with Crippen molar-refractivity contribution in [2.24, 2.45) is 0 Å². The van der Waals surface area contributed by atoms with Crippen molar-refractivity contribution in [2.45, 2.75) is 13.3 Å². The zero-order valence-corrected chi connectivity index (χ0v) is 18.1. The number of anilines is 3. The van der Waals surface area contributed by atoms with E-state index in [2.05, 4.69) is 26.6 Å². The highest BCUT2D eigenvalue weighted by Gasteiger charge is 2.14. The molecule has 160 valence electrons. The number of nitrogens with zero attached hydrogens (tertiary/aromatic N) is 2. The number of carbonyl (C=O) groups is 2. The van der Waals surface area contributed by atoms with Gasteiger partial charge in [0.1, 0.15) is 0 Å². The summed E-state index contributed by atoms with van der Waals surface area (Å²) in [5.41, 5.74) is 4.11. The molecule has 0 aliphatic carbocycles. The molecule has 0 saturated carbocycles. The van der Waals surface area contributed by atoms with Gasteiger partial charge in [0.2, 0.25) is 5.91 Å². The molecule has 7 nitrogen and oxygen atoms in total. The Kier molecular flexibility index (Phi) is 6.59. The standard InChI is InChI=1S/C23H24N4O3S/c1-16-13-19(27-9-11-30-12-10-27)7-8-20(16)25-21(28)14-18-15-31-23(24-18)26-22(29)17-5-3-2-4-6-17/h2-8,13,15H,9-12,14H2,1H3,(H,25,28)(H,24,26,29). The summed E-state index contributed by atoms with van der Waals surface area (Å²) in [5.74, 6) is -0.365. The van der Waals surface area contributed by atoms with Crippen molar-refractivity contribution < 1.29 is 14.3 Å². The molecule has 0 bridgehead atoms. The van der Waals surface area contributed by atoms with E-state index in [1.54, 1.807) is 17.5 Å². The smallest absolute Gasteiger partial charge is 0.257 e. The van der Waals surface area contributed by atoms with Crippen LogP contribution in [-0.4, -0.2) is 43.1 Å². The minimum Gasteiger partial charge on any atom is -0.378 e. The van der Waals surface area contributed by atoms with Crippen LogP contribution in [0.15, 0.2) is 53.9 Å². The number of hydrogen-bond acceptors (Lipinski definition) is 6. The monoisotopic (exact) mass is 436 g/mol. The van der Waals surface area contributed by atoms with E-state index in [4.69, 9.17) is 4.74 Å². The van der Waals surface area contributed by atoms with Crippen molar-refractivity contribution in [3.05, 3.63) is 70.7 Å². The quantitative estimate of drug-likeness (QED) is 0.615. The lowest BCUT2D eigenvalue weighted by Gasteiger charge is -2.29. The number of nitrogens with one attached hydrogen (secondary N) is 2. The molecule has 0 unspecified atom stereocenters. The minimum atomic E-state index is -0.220. The Labute approximate surface area is 185 Å². The van der Waals surface area contributed by atoms with Gasteiger partial charge in [0.15, 0.2) is 5.13 Å². The van der Waals surface area contributed by atoms with Gasteiger partial charge in [-0.25, -0.2) is 4.98 Å². The van der Waals surface area contributed by atoms with E-state index in [9.17, 15) is 9.59 Å². The largest absolute Gasteiger partial charge is 0.378 e. The molecule has 2 heterocycles. The Morgan fingerprint density at radius 1 is 1.10 bits per heavy atom. The maximum absolute atomic E-state index is 12.5. The third-order valence-electron chi connectivity index (χ3n) is 5.01. The lowest BCUT2D eigenvalue weighted by Crippen LogP contribution is -2.36. The lowest BCUT2D eigenvalue weighted by atomic mass is 10.1. The Bertz CT molecular complexity index is 1060. The minimum absolute atomic E-state index is 0.141. The van der Waals surface area contributed by atoms with Crippen LogP contribution in [0.5, 0.6) is 0 Å². The first-order chi connectivity index (χ1) is 15.1. The van der Waals surface area contributed by atoms with Crippen molar-refractivity contribution in [1.82, 2.24) is 4.98 Å². The number of ether oxygens (including phenoxy) is 1. The summed E-state index contributed by atoms with van der Waals surface area (Å²) in [6.07, 6.45) is 0.141. The SMILES string of the molecule is Cc1cc(N2CCOCC2)ccc1NC(=O)Cc1csc(NC(=O)c2ccccc2)n1. The van der Waals surface area contributed by atoms with Crippen LogP contribution in [-0.2, 0) is 16.0 Å². The fourth-order valence-corrected chi connectivity index (χ4v) is 4.07. The highest BCUT2D eigenvalue weighted by atomic mass is 32.1. The third-order valence-corrected chi connectivity index (χ3v) is 5.82. The molecule has 4 rings (SSSR count). The summed E-state index contributed by atoms with van der Waals surface area (Å²) in [5, 5.41) is 7.99.